The average Bonchev–Trinajstić information content (AvgIpc) is 2.93. The summed E-state index contributed by atoms with van der Waals surface area (Å²) in [6.45, 7) is 2.66. The highest BCUT2D eigenvalue weighted by Gasteiger charge is 2.17. The first-order valence-electron chi connectivity index (χ1n) is 6.67. The van der Waals surface area contributed by atoms with Crippen LogP contribution in [0.1, 0.15) is 12.6 Å². The van der Waals surface area contributed by atoms with E-state index in [-0.39, 0.29) is 6.04 Å². The molecule has 4 nitrogen and oxygen atoms in total. The van der Waals surface area contributed by atoms with Gasteiger partial charge in [-0.1, -0.05) is 24.3 Å². The van der Waals surface area contributed by atoms with E-state index in [0.717, 1.165) is 27.5 Å². The maximum atomic E-state index is 5.58. The van der Waals surface area contributed by atoms with Crippen molar-refractivity contribution in [1.82, 2.24) is 9.97 Å². The Morgan fingerprint density at radius 1 is 1.05 bits per heavy atom. The molecule has 4 rings (SSSR count). The molecule has 0 bridgehead atoms. The van der Waals surface area contributed by atoms with Gasteiger partial charge in [0.25, 0.3) is 0 Å². The molecule has 1 aliphatic heterocycles. The molecule has 1 aromatic carbocycles. The molecule has 3 aromatic rings. The summed E-state index contributed by atoms with van der Waals surface area (Å²) in [7, 11) is 0. The second-order valence-electron chi connectivity index (χ2n) is 5.00. The third kappa shape index (κ3) is 1.72. The van der Waals surface area contributed by atoms with Crippen molar-refractivity contribution < 1.29 is 4.74 Å². The molecule has 20 heavy (non-hydrogen) atoms. The van der Waals surface area contributed by atoms with E-state index in [1.807, 2.05) is 31.2 Å². The van der Waals surface area contributed by atoms with Crippen LogP contribution in [0.5, 0.6) is 0 Å². The molecular weight excluding hydrogens is 250 g/mol. The molecule has 1 atom stereocenters. The highest BCUT2D eigenvalue weighted by Crippen LogP contribution is 2.23. The van der Waals surface area contributed by atoms with Gasteiger partial charge in [-0.15, -0.1) is 0 Å². The number of hydrogen-bond acceptors (Lipinski definition) is 4. The van der Waals surface area contributed by atoms with Crippen molar-refractivity contribution in [2.24, 2.45) is 4.99 Å². The summed E-state index contributed by atoms with van der Waals surface area (Å²) in [6, 6.07) is 12.3. The first kappa shape index (κ1) is 11.3. The van der Waals surface area contributed by atoms with Crippen molar-refractivity contribution >= 4 is 27.7 Å². The van der Waals surface area contributed by atoms with E-state index in [9.17, 15) is 0 Å². The lowest BCUT2D eigenvalue weighted by molar-refractivity contribution is 0.323. The van der Waals surface area contributed by atoms with Gasteiger partial charge < -0.3 is 4.74 Å². The van der Waals surface area contributed by atoms with E-state index < -0.39 is 0 Å². The van der Waals surface area contributed by atoms with Crippen LogP contribution in [0.2, 0.25) is 0 Å². The first-order valence-corrected chi connectivity index (χ1v) is 6.67. The predicted octanol–water partition coefficient (Wildman–Crippen LogP) is 2.95. The van der Waals surface area contributed by atoms with Crippen LogP contribution in [0, 0.1) is 0 Å². The largest absolute Gasteiger partial charge is 0.474 e. The van der Waals surface area contributed by atoms with Gasteiger partial charge in [0.2, 0.25) is 5.90 Å². The fraction of sp³-hybridized carbons (Fsp3) is 0.188. The molecule has 0 N–H and O–H groups in total. The zero-order chi connectivity index (χ0) is 13.5. The van der Waals surface area contributed by atoms with Crippen molar-refractivity contribution in [1.29, 1.82) is 0 Å². The zero-order valence-corrected chi connectivity index (χ0v) is 11.1. The fourth-order valence-electron chi connectivity index (χ4n) is 2.46. The van der Waals surface area contributed by atoms with Crippen molar-refractivity contribution in [2.75, 3.05) is 6.61 Å². The molecule has 0 saturated heterocycles. The van der Waals surface area contributed by atoms with Crippen LogP contribution in [0.25, 0.3) is 21.8 Å². The fourth-order valence-corrected chi connectivity index (χ4v) is 2.46. The van der Waals surface area contributed by atoms with Gasteiger partial charge in [-0.05, 0) is 19.1 Å². The number of nitrogens with zero attached hydrogens (tertiary/aromatic N) is 3. The van der Waals surface area contributed by atoms with Crippen molar-refractivity contribution in [3.8, 4) is 0 Å². The van der Waals surface area contributed by atoms with E-state index in [1.165, 1.54) is 0 Å². The normalized spacial score (nSPS) is 18.2. The van der Waals surface area contributed by atoms with E-state index in [2.05, 4.69) is 22.1 Å². The van der Waals surface area contributed by atoms with Gasteiger partial charge in [0.15, 0.2) is 0 Å². The number of aliphatic imine (C=N–C) groups is 1. The molecule has 0 fully saturated rings. The minimum atomic E-state index is 0.202. The number of pyridine rings is 2. The minimum Gasteiger partial charge on any atom is -0.474 e. The molecule has 4 heteroatoms. The minimum absolute atomic E-state index is 0.202. The summed E-state index contributed by atoms with van der Waals surface area (Å²) in [5.41, 5.74) is 2.59. The lowest BCUT2D eigenvalue weighted by atomic mass is 10.1. The van der Waals surface area contributed by atoms with Crippen LogP contribution < -0.4 is 0 Å². The third-order valence-corrected chi connectivity index (χ3v) is 3.45. The Morgan fingerprint density at radius 2 is 1.85 bits per heavy atom. The SMILES string of the molecule is C[C@H]1COC(c2ccc3ccc4cccnc4c3n2)=N1. The maximum Gasteiger partial charge on any atom is 0.235 e. The highest BCUT2D eigenvalue weighted by molar-refractivity contribution is 6.04. The lowest BCUT2D eigenvalue weighted by Crippen LogP contribution is -2.04. The van der Waals surface area contributed by atoms with Gasteiger partial charge in [-0.2, -0.15) is 0 Å². The molecule has 98 valence electrons. The van der Waals surface area contributed by atoms with E-state index >= 15 is 0 Å². The Morgan fingerprint density at radius 3 is 2.65 bits per heavy atom. The Bertz CT molecular complexity index is 841. The number of benzene rings is 1. The van der Waals surface area contributed by atoms with Crippen LogP contribution in [-0.2, 0) is 4.74 Å². The van der Waals surface area contributed by atoms with Crippen LogP contribution in [0.4, 0.5) is 0 Å². The molecule has 2 aromatic heterocycles. The Balaban J connectivity index is 1.98. The van der Waals surface area contributed by atoms with Crippen molar-refractivity contribution in [3.05, 3.63) is 48.3 Å². The Kier molecular flexibility index (Phi) is 2.42. The molecule has 1 aliphatic rings. The second-order valence-corrected chi connectivity index (χ2v) is 5.00. The van der Waals surface area contributed by atoms with E-state index in [0.29, 0.717) is 12.5 Å². The molecule has 0 spiro atoms. The maximum absolute atomic E-state index is 5.58. The van der Waals surface area contributed by atoms with Gasteiger partial charge in [0.1, 0.15) is 12.3 Å². The molecule has 3 heterocycles. The Hall–Kier alpha value is -2.49. The van der Waals surface area contributed by atoms with Gasteiger partial charge >= 0.3 is 0 Å². The van der Waals surface area contributed by atoms with Gasteiger partial charge in [0, 0.05) is 17.0 Å². The van der Waals surface area contributed by atoms with Crippen LogP contribution in [0.3, 0.4) is 0 Å². The lowest BCUT2D eigenvalue weighted by Gasteiger charge is -2.05. The molecule has 0 amide bonds. The number of rotatable bonds is 1. The summed E-state index contributed by atoms with van der Waals surface area (Å²) in [5, 5.41) is 2.17. The quantitative estimate of drug-likeness (QED) is 0.634. The molecule has 0 saturated carbocycles. The van der Waals surface area contributed by atoms with Crippen LogP contribution >= 0.6 is 0 Å². The number of fused-ring (bicyclic) bond motifs is 3. The van der Waals surface area contributed by atoms with E-state index in [4.69, 9.17) is 9.72 Å². The van der Waals surface area contributed by atoms with Gasteiger partial charge in [-0.3, -0.25) is 4.98 Å². The molecular formula is C16H13N3O. The second kappa shape index (κ2) is 4.27. The van der Waals surface area contributed by atoms with E-state index in [1.54, 1.807) is 6.20 Å². The first-order chi connectivity index (χ1) is 9.81. The highest BCUT2D eigenvalue weighted by atomic mass is 16.5. The smallest absolute Gasteiger partial charge is 0.235 e. The van der Waals surface area contributed by atoms with Gasteiger partial charge in [-0.25, -0.2) is 9.98 Å². The monoisotopic (exact) mass is 263 g/mol. The Labute approximate surface area is 116 Å². The molecule has 0 radical (unpaired) electrons. The molecule has 0 aliphatic carbocycles. The summed E-state index contributed by atoms with van der Waals surface area (Å²) in [4.78, 5) is 13.6. The van der Waals surface area contributed by atoms with Crippen molar-refractivity contribution in [3.63, 3.8) is 0 Å². The number of ether oxygens (including phenoxy) is 1. The summed E-state index contributed by atoms with van der Waals surface area (Å²) in [5.74, 6) is 0.632. The van der Waals surface area contributed by atoms with Gasteiger partial charge in [0.05, 0.1) is 17.1 Å². The summed E-state index contributed by atoms with van der Waals surface area (Å²) >= 11 is 0. The zero-order valence-electron chi connectivity index (χ0n) is 11.1. The molecule has 0 unspecified atom stereocenters. The average molecular weight is 263 g/mol. The topological polar surface area (TPSA) is 47.4 Å². The van der Waals surface area contributed by atoms with Crippen LogP contribution in [0.15, 0.2) is 47.6 Å². The van der Waals surface area contributed by atoms with Crippen LogP contribution in [-0.4, -0.2) is 28.5 Å². The number of aromatic nitrogens is 2. The third-order valence-electron chi connectivity index (χ3n) is 3.45. The van der Waals surface area contributed by atoms with Crippen molar-refractivity contribution in [2.45, 2.75) is 13.0 Å². The predicted molar refractivity (Wildman–Crippen MR) is 79.0 cm³/mol. The summed E-state index contributed by atoms with van der Waals surface area (Å²) < 4.78 is 5.58. The number of hydrogen-bond donors (Lipinski definition) is 0. The standard InChI is InChI=1S/C16H13N3O/c1-10-9-20-16(18-10)13-7-6-12-5-4-11-3-2-8-17-14(11)15(12)19-13/h2-8,10H,9H2,1H3/t10-/m0/s1. The summed E-state index contributed by atoms with van der Waals surface area (Å²) in [6.07, 6.45) is 1.79.